The van der Waals surface area contributed by atoms with Crippen molar-refractivity contribution in [3.05, 3.63) is 96.9 Å². The van der Waals surface area contributed by atoms with Crippen LogP contribution in [0, 0.1) is 10.1 Å². The number of rotatable bonds is 8. The molecule has 0 radical (unpaired) electrons. The Morgan fingerprint density at radius 3 is 2.47 bits per heavy atom. The largest absolute Gasteiger partial charge is 0.493 e. The summed E-state index contributed by atoms with van der Waals surface area (Å²) in [5.41, 5.74) is 0.314. The number of para-hydroxylation sites is 1. The summed E-state index contributed by atoms with van der Waals surface area (Å²) >= 11 is 12.8. The van der Waals surface area contributed by atoms with E-state index < -0.39 is 36.8 Å². The maximum Gasteiger partial charge on any atom is 0.346 e. The minimum atomic E-state index is -4.58. The summed E-state index contributed by atoms with van der Waals surface area (Å²) in [7, 11) is -3.31. The van der Waals surface area contributed by atoms with Gasteiger partial charge in [0.15, 0.2) is 16.4 Å². The number of benzene rings is 3. The van der Waals surface area contributed by atoms with Gasteiger partial charge in [0.2, 0.25) is 0 Å². The quantitative estimate of drug-likeness (QED) is 0.135. The van der Waals surface area contributed by atoms with Gasteiger partial charge in [0.25, 0.3) is 16.8 Å². The van der Waals surface area contributed by atoms with Crippen LogP contribution in [-0.4, -0.2) is 36.5 Å². The number of amides is 2. The number of nitrogens with zero attached hydrogens (tertiary/aromatic N) is 2. The third-order valence-electron chi connectivity index (χ3n) is 5.23. The van der Waals surface area contributed by atoms with E-state index in [4.69, 9.17) is 32.1 Å². The number of halogens is 2. The molecule has 1 aliphatic rings. The third-order valence-corrected chi connectivity index (χ3v) is 8.01. The Kier molecular flexibility index (Phi) is 7.97. The molecule has 0 N–H and O–H groups in total. The predicted octanol–water partition coefficient (Wildman–Crippen LogP) is 5.91. The SMILES string of the molecule is COc1cc(/C=C2\SC(=O)N(Cc3ccc(Cl)cc3Cl)C2=O)ccc1OS(=O)(=O)c1ccccc1[N+](=O)[O-]. The number of thioether (sulfide) groups is 1. The number of carbonyl (C=O) groups is 2. The average Bonchev–Trinajstić information content (AvgIpc) is 3.13. The predicted molar refractivity (Wildman–Crippen MR) is 142 cm³/mol. The number of methoxy groups -OCH3 is 1. The number of imide groups is 1. The Labute approximate surface area is 231 Å². The van der Waals surface area contributed by atoms with Crippen molar-refractivity contribution in [1.29, 1.82) is 0 Å². The van der Waals surface area contributed by atoms with Crippen LogP contribution in [0.5, 0.6) is 11.5 Å². The topological polar surface area (TPSA) is 133 Å². The van der Waals surface area contributed by atoms with Gasteiger partial charge >= 0.3 is 10.1 Å². The number of nitro groups is 1. The molecule has 0 aromatic heterocycles. The first-order chi connectivity index (χ1) is 18.0. The van der Waals surface area contributed by atoms with Gasteiger partial charge in [-0.05, 0) is 59.3 Å². The van der Waals surface area contributed by atoms with Crippen molar-refractivity contribution in [2.45, 2.75) is 11.4 Å². The molecule has 0 unspecified atom stereocenters. The molecule has 1 aliphatic heterocycles. The third kappa shape index (κ3) is 5.78. The van der Waals surface area contributed by atoms with Gasteiger partial charge in [0.1, 0.15) is 0 Å². The van der Waals surface area contributed by atoms with Gasteiger partial charge < -0.3 is 8.92 Å². The number of hydrogen-bond donors (Lipinski definition) is 0. The van der Waals surface area contributed by atoms with E-state index in [1.807, 2.05) is 0 Å². The van der Waals surface area contributed by atoms with Crippen molar-refractivity contribution >= 4 is 68.0 Å². The molecule has 10 nitrogen and oxygen atoms in total. The van der Waals surface area contributed by atoms with E-state index in [2.05, 4.69) is 0 Å². The fraction of sp³-hybridized carbons (Fsp3) is 0.0833. The minimum absolute atomic E-state index is 0.0203. The fourth-order valence-electron chi connectivity index (χ4n) is 3.43. The van der Waals surface area contributed by atoms with E-state index in [1.165, 1.54) is 49.6 Å². The van der Waals surface area contributed by atoms with E-state index in [9.17, 15) is 28.1 Å². The highest BCUT2D eigenvalue weighted by Gasteiger charge is 2.35. The van der Waals surface area contributed by atoms with Crippen molar-refractivity contribution < 1.29 is 31.9 Å². The van der Waals surface area contributed by atoms with Gasteiger partial charge in [-0.1, -0.05) is 47.5 Å². The van der Waals surface area contributed by atoms with Crippen molar-refractivity contribution in [3.63, 3.8) is 0 Å². The second-order valence-electron chi connectivity index (χ2n) is 7.68. The monoisotopic (exact) mass is 594 g/mol. The lowest BCUT2D eigenvalue weighted by molar-refractivity contribution is -0.387. The van der Waals surface area contributed by atoms with Crippen LogP contribution in [-0.2, 0) is 21.5 Å². The summed E-state index contributed by atoms with van der Waals surface area (Å²) < 4.78 is 35.9. The number of carbonyl (C=O) groups excluding carboxylic acids is 2. The van der Waals surface area contributed by atoms with Crippen LogP contribution in [0.3, 0.4) is 0 Å². The van der Waals surface area contributed by atoms with Gasteiger partial charge in [-0.15, -0.1) is 0 Å². The summed E-state index contributed by atoms with van der Waals surface area (Å²) in [6, 6.07) is 13.6. The Hall–Kier alpha value is -3.58. The molecule has 38 heavy (non-hydrogen) atoms. The van der Waals surface area contributed by atoms with Gasteiger partial charge in [0.05, 0.1) is 23.5 Å². The lowest BCUT2D eigenvalue weighted by atomic mass is 10.1. The first kappa shape index (κ1) is 27.5. The summed E-state index contributed by atoms with van der Waals surface area (Å²) in [6.07, 6.45) is 1.44. The minimum Gasteiger partial charge on any atom is -0.493 e. The Balaban J connectivity index is 1.58. The zero-order chi connectivity index (χ0) is 27.6. The molecule has 196 valence electrons. The molecule has 3 aromatic carbocycles. The summed E-state index contributed by atoms with van der Waals surface area (Å²) in [5, 5.41) is 11.5. The first-order valence-corrected chi connectivity index (χ1v) is 13.5. The lowest BCUT2D eigenvalue weighted by Gasteiger charge is -2.13. The maximum atomic E-state index is 12.9. The molecule has 0 saturated carbocycles. The zero-order valence-electron chi connectivity index (χ0n) is 19.3. The number of ether oxygens (including phenoxy) is 1. The Bertz CT molecular complexity index is 1610. The molecule has 14 heteroatoms. The van der Waals surface area contributed by atoms with Crippen molar-refractivity contribution in [3.8, 4) is 11.5 Å². The van der Waals surface area contributed by atoms with Crippen LogP contribution in [0.15, 0.2) is 70.5 Å². The van der Waals surface area contributed by atoms with Gasteiger partial charge in [-0.3, -0.25) is 24.6 Å². The van der Waals surface area contributed by atoms with E-state index in [0.29, 0.717) is 21.2 Å². The molecule has 0 spiro atoms. The number of hydrogen-bond acceptors (Lipinski definition) is 9. The standard InChI is InChI=1S/C24H16Cl2N2O8S2/c1-35-20-10-14(6-9-19(20)36-38(33,34)22-5-3-2-4-18(22)28(31)32)11-21-23(29)27(24(30)37-21)13-15-7-8-16(25)12-17(15)26/h2-12H,13H2,1H3/b21-11-. The molecule has 0 aliphatic carbocycles. The fourth-order valence-corrected chi connectivity index (χ4v) is 5.85. The highest BCUT2D eigenvalue weighted by atomic mass is 35.5. The molecule has 2 amide bonds. The van der Waals surface area contributed by atoms with Crippen LogP contribution in [0.4, 0.5) is 10.5 Å². The molecular weight excluding hydrogens is 579 g/mol. The Morgan fingerprint density at radius 1 is 1.05 bits per heavy atom. The van der Waals surface area contributed by atoms with E-state index in [-0.39, 0.29) is 22.9 Å². The molecule has 1 heterocycles. The van der Waals surface area contributed by atoms with Gasteiger partial charge in [0, 0.05) is 16.1 Å². The molecule has 1 saturated heterocycles. The van der Waals surface area contributed by atoms with Gasteiger partial charge in [-0.25, -0.2) is 0 Å². The summed E-state index contributed by atoms with van der Waals surface area (Å²) in [6.45, 7) is -0.0441. The second-order valence-corrected chi connectivity index (χ2v) is 11.0. The zero-order valence-corrected chi connectivity index (χ0v) is 22.4. The number of nitro benzene ring substituents is 1. The normalized spacial score (nSPS) is 14.7. The first-order valence-electron chi connectivity index (χ1n) is 10.6. The van der Waals surface area contributed by atoms with E-state index >= 15 is 0 Å². The highest BCUT2D eigenvalue weighted by Crippen LogP contribution is 2.37. The van der Waals surface area contributed by atoms with Crippen LogP contribution >= 0.6 is 35.0 Å². The molecule has 4 rings (SSSR count). The van der Waals surface area contributed by atoms with Crippen molar-refractivity contribution in [2.75, 3.05) is 7.11 Å². The van der Waals surface area contributed by atoms with Crippen LogP contribution < -0.4 is 8.92 Å². The Morgan fingerprint density at radius 2 is 1.79 bits per heavy atom. The molecular formula is C24H16Cl2N2O8S2. The maximum absolute atomic E-state index is 12.9. The smallest absolute Gasteiger partial charge is 0.346 e. The van der Waals surface area contributed by atoms with Crippen LogP contribution in [0.25, 0.3) is 6.08 Å². The average molecular weight is 595 g/mol. The highest BCUT2D eigenvalue weighted by molar-refractivity contribution is 8.18. The summed E-state index contributed by atoms with van der Waals surface area (Å²) in [4.78, 5) is 36.4. The second kappa shape index (κ2) is 11.0. The van der Waals surface area contributed by atoms with Crippen LogP contribution in [0.2, 0.25) is 10.0 Å². The molecule has 0 bridgehead atoms. The molecule has 3 aromatic rings. The van der Waals surface area contributed by atoms with E-state index in [1.54, 1.807) is 12.1 Å². The summed E-state index contributed by atoms with van der Waals surface area (Å²) in [5.74, 6) is -0.786. The van der Waals surface area contributed by atoms with Crippen molar-refractivity contribution in [2.24, 2.45) is 0 Å². The molecule has 0 atom stereocenters. The van der Waals surface area contributed by atoms with Gasteiger partial charge in [-0.2, -0.15) is 8.42 Å². The van der Waals surface area contributed by atoms with Crippen LogP contribution in [0.1, 0.15) is 11.1 Å². The lowest BCUT2D eigenvalue weighted by Crippen LogP contribution is -2.27. The molecule has 1 fully saturated rings. The van der Waals surface area contributed by atoms with Crippen molar-refractivity contribution in [1.82, 2.24) is 4.90 Å². The van der Waals surface area contributed by atoms with E-state index in [0.717, 1.165) is 28.8 Å².